The summed E-state index contributed by atoms with van der Waals surface area (Å²) in [6, 6.07) is 2.00. The van der Waals surface area contributed by atoms with Crippen molar-refractivity contribution in [3.05, 3.63) is 29.9 Å². The maximum Gasteiger partial charge on any atom is 0.222 e. The lowest BCUT2D eigenvalue weighted by Gasteiger charge is -1.99. The molecule has 0 spiro atoms. The van der Waals surface area contributed by atoms with E-state index in [-0.39, 0.29) is 6.04 Å². The van der Waals surface area contributed by atoms with E-state index in [2.05, 4.69) is 9.94 Å². The summed E-state index contributed by atoms with van der Waals surface area (Å²) in [4.78, 5) is 3.40. The molecule has 0 aliphatic heterocycles. The number of rotatable bonds is 3. The van der Waals surface area contributed by atoms with Crippen molar-refractivity contribution in [3.63, 3.8) is 0 Å². The molecule has 1 heterocycles. The SMILES string of the molecule is [C-]#[N+]C(C)CCn1cccn1. The first-order chi connectivity index (χ1) is 5.33. The molecule has 0 N–H and O–H groups in total. The van der Waals surface area contributed by atoms with E-state index in [4.69, 9.17) is 6.57 Å². The van der Waals surface area contributed by atoms with Gasteiger partial charge in [0.15, 0.2) is 0 Å². The molecule has 58 valence electrons. The van der Waals surface area contributed by atoms with Gasteiger partial charge in [-0.3, -0.25) is 4.68 Å². The number of aromatic nitrogens is 2. The number of nitrogens with zero attached hydrogens (tertiary/aromatic N) is 3. The number of aryl methyl sites for hydroxylation is 1. The third kappa shape index (κ3) is 2.42. The fourth-order valence-corrected chi connectivity index (χ4v) is 0.816. The molecule has 0 fully saturated rings. The topological polar surface area (TPSA) is 22.2 Å². The van der Waals surface area contributed by atoms with E-state index >= 15 is 0 Å². The van der Waals surface area contributed by atoms with Crippen LogP contribution in [0.5, 0.6) is 0 Å². The molecule has 0 aliphatic carbocycles. The van der Waals surface area contributed by atoms with Crippen LogP contribution in [0.1, 0.15) is 13.3 Å². The monoisotopic (exact) mass is 149 g/mol. The van der Waals surface area contributed by atoms with Gasteiger partial charge in [-0.2, -0.15) is 5.10 Å². The molecule has 11 heavy (non-hydrogen) atoms. The zero-order chi connectivity index (χ0) is 8.10. The van der Waals surface area contributed by atoms with Gasteiger partial charge in [0.2, 0.25) is 6.04 Å². The van der Waals surface area contributed by atoms with E-state index in [1.54, 1.807) is 6.20 Å². The summed E-state index contributed by atoms with van der Waals surface area (Å²) in [7, 11) is 0. The Morgan fingerprint density at radius 2 is 2.55 bits per heavy atom. The third-order valence-electron chi connectivity index (χ3n) is 1.56. The smallest absolute Gasteiger partial charge is 0.222 e. The predicted molar refractivity (Wildman–Crippen MR) is 42.9 cm³/mol. The average Bonchev–Trinajstić information content (AvgIpc) is 2.52. The Morgan fingerprint density at radius 1 is 1.73 bits per heavy atom. The fourth-order valence-electron chi connectivity index (χ4n) is 0.816. The molecule has 0 aromatic carbocycles. The van der Waals surface area contributed by atoms with Crippen LogP contribution in [-0.4, -0.2) is 15.8 Å². The first kappa shape index (κ1) is 7.80. The van der Waals surface area contributed by atoms with Crippen molar-refractivity contribution in [1.29, 1.82) is 0 Å². The molecule has 0 saturated heterocycles. The highest BCUT2D eigenvalue weighted by atomic mass is 15.3. The van der Waals surface area contributed by atoms with E-state index in [1.807, 2.05) is 23.9 Å². The van der Waals surface area contributed by atoms with Gasteiger partial charge in [0.05, 0.1) is 0 Å². The number of hydrogen-bond donors (Lipinski definition) is 0. The van der Waals surface area contributed by atoms with E-state index < -0.39 is 0 Å². The Hall–Kier alpha value is -1.30. The van der Waals surface area contributed by atoms with Crippen LogP contribution in [0.3, 0.4) is 0 Å². The molecule has 1 rings (SSSR count). The van der Waals surface area contributed by atoms with E-state index in [0.29, 0.717) is 0 Å². The second kappa shape index (κ2) is 3.77. The summed E-state index contributed by atoms with van der Waals surface area (Å²) in [5.41, 5.74) is 0. The molecule has 0 aliphatic rings. The molecule has 1 aromatic rings. The summed E-state index contributed by atoms with van der Waals surface area (Å²) in [5.74, 6) is 0. The normalized spacial score (nSPS) is 12.4. The van der Waals surface area contributed by atoms with Crippen molar-refractivity contribution < 1.29 is 0 Å². The standard InChI is InChI=1S/C8H11N3/c1-8(9-2)4-7-11-6-3-5-10-11/h3,5-6,8H,4,7H2,1H3. The minimum absolute atomic E-state index is 0.110. The van der Waals surface area contributed by atoms with Gasteiger partial charge < -0.3 is 4.85 Å². The lowest BCUT2D eigenvalue weighted by atomic mass is 10.2. The van der Waals surface area contributed by atoms with Crippen LogP contribution >= 0.6 is 0 Å². The second-order valence-electron chi connectivity index (χ2n) is 2.54. The van der Waals surface area contributed by atoms with Crippen molar-refractivity contribution in [1.82, 2.24) is 9.78 Å². The Labute approximate surface area is 66.5 Å². The van der Waals surface area contributed by atoms with Crippen molar-refractivity contribution >= 4 is 0 Å². The molecule has 0 amide bonds. The van der Waals surface area contributed by atoms with Crippen LogP contribution in [0.4, 0.5) is 0 Å². The molecular formula is C8H11N3. The zero-order valence-electron chi connectivity index (χ0n) is 6.57. The van der Waals surface area contributed by atoms with E-state index in [1.165, 1.54) is 0 Å². The number of hydrogen-bond acceptors (Lipinski definition) is 1. The van der Waals surface area contributed by atoms with E-state index in [0.717, 1.165) is 13.0 Å². The van der Waals surface area contributed by atoms with Gasteiger partial charge in [-0.15, -0.1) is 0 Å². The lowest BCUT2D eigenvalue weighted by Crippen LogP contribution is -2.04. The largest absolute Gasteiger partial charge is 0.314 e. The second-order valence-corrected chi connectivity index (χ2v) is 2.54. The minimum atomic E-state index is 0.110. The van der Waals surface area contributed by atoms with Gasteiger partial charge >= 0.3 is 0 Å². The third-order valence-corrected chi connectivity index (χ3v) is 1.56. The van der Waals surface area contributed by atoms with Crippen LogP contribution in [0.25, 0.3) is 4.85 Å². The Balaban J connectivity index is 2.30. The lowest BCUT2D eigenvalue weighted by molar-refractivity contribution is 0.557. The summed E-state index contributed by atoms with van der Waals surface area (Å²) < 4.78 is 1.85. The van der Waals surface area contributed by atoms with Gasteiger partial charge in [-0.05, 0) is 6.07 Å². The highest BCUT2D eigenvalue weighted by Gasteiger charge is 2.02. The van der Waals surface area contributed by atoms with Crippen LogP contribution in [0.15, 0.2) is 18.5 Å². The Kier molecular flexibility index (Phi) is 2.67. The van der Waals surface area contributed by atoms with Gasteiger partial charge in [0, 0.05) is 32.3 Å². The highest BCUT2D eigenvalue weighted by molar-refractivity contribution is 4.79. The highest BCUT2D eigenvalue weighted by Crippen LogP contribution is 1.98. The minimum Gasteiger partial charge on any atom is -0.314 e. The van der Waals surface area contributed by atoms with Gasteiger partial charge in [-0.25, -0.2) is 6.57 Å². The molecule has 1 atom stereocenters. The van der Waals surface area contributed by atoms with Crippen LogP contribution in [0.2, 0.25) is 0 Å². The van der Waals surface area contributed by atoms with Crippen LogP contribution in [0, 0.1) is 6.57 Å². The first-order valence-electron chi connectivity index (χ1n) is 3.67. The van der Waals surface area contributed by atoms with Gasteiger partial charge in [-0.1, -0.05) is 0 Å². The summed E-state index contributed by atoms with van der Waals surface area (Å²) in [5, 5.41) is 4.04. The molecular weight excluding hydrogens is 138 g/mol. The molecule has 1 unspecified atom stereocenters. The average molecular weight is 149 g/mol. The van der Waals surface area contributed by atoms with Gasteiger partial charge in [0.1, 0.15) is 0 Å². The van der Waals surface area contributed by atoms with Gasteiger partial charge in [0.25, 0.3) is 0 Å². The van der Waals surface area contributed by atoms with Crippen molar-refractivity contribution in [2.75, 3.05) is 0 Å². The van der Waals surface area contributed by atoms with Crippen LogP contribution < -0.4 is 0 Å². The van der Waals surface area contributed by atoms with Crippen molar-refractivity contribution in [2.45, 2.75) is 25.9 Å². The Bertz CT molecular complexity index is 232. The quantitative estimate of drug-likeness (QED) is 0.598. The molecule has 3 nitrogen and oxygen atoms in total. The maximum absolute atomic E-state index is 6.73. The molecule has 0 radical (unpaired) electrons. The summed E-state index contributed by atoms with van der Waals surface area (Å²) in [6.45, 7) is 9.50. The summed E-state index contributed by atoms with van der Waals surface area (Å²) >= 11 is 0. The Morgan fingerprint density at radius 3 is 3.09 bits per heavy atom. The van der Waals surface area contributed by atoms with Crippen molar-refractivity contribution in [2.24, 2.45) is 0 Å². The van der Waals surface area contributed by atoms with E-state index in [9.17, 15) is 0 Å². The maximum atomic E-state index is 6.73. The fraction of sp³-hybridized carbons (Fsp3) is 0.500. The molecule has 0 saturated carbocycles. The van der Waals surface area contributed by atoms with Crippen LogP contribution in [-0.2, 0) is 6.54 Å². The van der Waals surface area contributed by atoms with Crippen molar-refractivity contribution in [3.8, 4) is 0 Å². The molecule has 3 heteroatoms. The zero-order valence-corrected chi connectivity index (χ0v) is 6.57. The first-order valence-corrected chi connectivity index (χ1v) is 3.67. The molecule has 0 bridgehead atoms. The summed E-state index contributed by atoms with van der Waals surface area (Å²) in [6.07, 6.45) is 4.55. The predicted octanol–water partition coefficient (Wildman–Crippen LogP) is 1.58. The molecule has 1 aromatic heterocycles.